The van der Waals surface area contributed by atoms with Crippen molar-refractivity contribution in [1.29, 1.82) is 0 Å². The number of amides is 1. The SMILES string of the molecule is CC(CCS(C)=O)NC(=O)c1ccc(Br)cc1N. The van der Waals surface area contributed by atoms with E-state index in [0.717, 1.165) is 4.47 Å². The van der Waals surface area contributed by atoms with Crippen molar-refractivity contribution < 1.29 is 9.00 Å². The van der Waals surface area contributed by atoms with E-state index in [1.165, 1.54) is 0 Å². The van der Waals surface area contributed by atoms with Gasteiger partial charge >= 0.3 is 0 Å². The molecule has 100 valence electrons. The Morgan fingerprint density at radius 3 is 2.78 bits per heavy atom. The Kier molecular flexibility index (Phi) is 5.81. The fourth-order valence-electron chi connectivity index (χ4n) is 1.46. The Morgan fingerprint density at radius 1 is 1.56 bits per heavy atom. The van der Waals surface area contributed by atoms with Gasteiger partial charge in [-0.3, -0.25) is 9.00 Å². The Bertz CT molecular complexity index is 465. The molecule has 0 aliphatic heterocycles. The molecule has 3 N–H and O–H groups in total. The summed E-state index contributed by atoms with van der Waals surface area (Å²) in [5.41, 5.74) is 6.68. The summed E-state index contributed by atoms with van der Waals surface area (Å²) in [5.74, 6) is 0.381. The van der Waals surface area contributed by atoms with E-state index in [0.29, 0.717) is 23.4 Å². The van der Waals surface area contributed by atoms with Gasteiger partial charge in [-0.1, -0.05) is 15.9 Å². The highest BCUT2D eigenvalue weighted by molar-refractivity contribution is 9.10. The third kappa shape index (κ3) is 4.78. The fourth-order valence-corrected chi connectivity index (χ4v) is 2.52. The molecule has 2 atom stereocenters. The maximum Gasteiger partial charge on any atom is 0.253 e. The molecule has 0 aliphatic carbocycles. The lowest BCUT2D eigenvalue weighted by Crippen LogP contribution is -2.33. The van der Waals surface area contributed by atoms with Gasteiger partial charge in [0.2, 0.25) is 0 Å². The van der Waals surface area contributed by atoms with Gasteiger partial charge < -0.3 is 11.1 Å². The monoisotopic (exact) mass is 332 g/mol. The molecule has 0 aliphatic rings. The van der Waals surface area contributed by atoms with Crippen molar-refractivity contribution in [2.45, 2.75) is 19.4 Å². The zero-order chi connectivity index (χ0) is 13.7. The summed E-state index contributed by atoms with van der Waals surface area (Å²) in [7, 11) is -0.835. The number of hydrogen-bond acceptors (Lipinski definition) is 3. The van der Waals surface area contributed by atoms with Crippen LogP contribution < -0.4 is 11.1 Å². The van der Waals surface area contributed by atoms with Crippen LogP contribution >= 0.6 is 15.9 Å². The Morgan fingerprint density at radius 2 is 2.22 bits per heavy atom. The van der Waals surface area contributed by atoms with Crippen LogP contribution in [0, 0.1) is 0 Å². The Balaban J connectivity index is 2.62. The summed E-state index contributed by atoms with van der Waals surface area (Å²) in [6.07, 6.45) is 2.34. The molecule has 0 radical (unpaired) electrons. The quantitative estimate of drug-likeness (QED) is 0.809. The number of halogens is 1. The Hall–Kier alpha value is -0.880. The van der Waals surface area contributed by atoms with Gasteiger partial charge in [0.05, 0.1) is 5.56 Å². The van der Waals surface area contributed by atoms with Crippen LogP contribution in [0.3, 0.4) is 0 Å². The Labute approximate surface area is 118 Å². The average Bonchev–Trinajstić information content (AvgIpc) is 2.26. The molecular weight excluding hydrogens is 316 g/mol. The molecule has 1 aromatic carbocycles. The lowest BCUT2D eigenvalue weighted by atomic mass is 10.1. The van der Waals surface area contributed by atoms with Crippen molar-refractivity contribution in [1.82, 2.24) is 5.32 Å². The first-order valence-electron chi connectivity index (χ1n) is 5.56. The van der Waals surface area contributed by atoms with Crippen molar-refractivity contribution in [3.63, 3.8) is 0 Å². The molecule has 0 aromatic heterocycles. The van der Waals surface area contributed by atoms with E-state index in [4.69, 9.17) is 5.73 Å². The molecule has 6 heteroatoms. The average molecular weight is 333 g/mol. The molecule has 4 nitrogen and oxygen atoms in total. The van der Waals surface area contributed by atoms with Crippen LogP contribution in [0.25, 0.3) is 0 Å². The summed E-state index contributed by atoms with van der Waals surface area (Å²) in [6, 6.07) is 5.13. The number of nitrogens with two attached hydrogens (primary N) is 1. The maximum absolute atomic E-state index is 11.9. The van der Waals surface area contributed by atoms with E-state index in [9.17, 15) is 9.00 Å². The molecule has 0 fully saturated rings. The number of carbonyl (C=O) groups is 1. The molecule has 0 spiro atoms. The summed E-state index contributed by atoms with van der Waals surface area (Å²) >= 11 is 3.29. The highest BCUT2D eigenvalue weighted by atomic mass is 79.9. The first-order chi connectivity index (χ1) is 8.40. The zero-order valence-corrected chi connectivity index (χ0v) is 12.8. The molecule has 0 saturated carbocycles. The third-order valence-electron chi connectivity index (χ3n) is 2.47. The minimum absolute atomic E-state index is 0.0237. The van der Waals surface area contributed by atoms with Crippen LogP contribution in [-0.4, -0.2) is 28.2 Å². The first-order valence-corrected chi connectivity index (χ1v) is 8.08. The number of rotatable bonds is 5. The molecule has 0 saturated heterocycles. The van der Waals surface area contributed by atoms with Gasteiger partial charge in [0, 0.05) is 39.0 Å². The lowest BCUT2D eigenvalue weighted by Gasteiger charge is -2.14. The fraction of sp³-hybridized carbons (Fsp3) is 0.417. The van der Waals surface area contributed by atoms with Crippen LogP contribution in [0.4, 0.5) is 5.69 Å². The van der Waals surface area contributed by atoms with Gasteiger partial charge in [-0.15, -0.1) is 0 Å². The number of carbonyl (C=O) groups excluding carboxylic acids is 1. The lowest BCUT2D eigenvalue weighted by molar-refractivity contribution is 0.0940. The molecule has 18 heavy (non-hydrogen) atoms. The second-order valence-corrected chi connectivity index (χ2v) is 6.64. The number of anilines is 1. The van der Waals surface area contributed by atoms with Gasteiger partial charge in [-0.05, 0) is 31.5 Å². The van der Waals surface area contributed by atoms with Gasteiger partial charge in [-0.2, -0.15) is 0 Å². The molecule has 0 bridgehead atoms. The maximum atomic E-state index is 11.9. The molecule has 2 unspecified atom stereocenters. The summed E-state index contributed by atoms with van der Waals surface area (Å²) in [5, 5.41) is 2.84. The second kappa shape index (κ2) is 6.89. The van der Waals surface area contributed by atoms with Crippen molar-refractivity contribution in [2.75, 3.05) is 17.7 Å². The van der Waals surface area contributed by atoms with E-state index < -0.39 is 10.8 Å². The number of nitrogens with one attached hydrogen (secondary N) is 1. The van der Waals surface area contributed by atoms with Crippen LogP contribution in [0.1, 0.15) is 23.7 Å². The molecule has 0 heterocycles. The third-order valence-corrected chi connectivity index (χ3v) is 3.78. The van der Waals surface area contributed by atoms with E-state index in [1.54, 1.807) is 24.5 Å². The molecule has 1 aromatic rings. The molecule has 1 amide bonds. The number of nitrogen functional groups attached to an aromatic ring is 1. The topological polar surface area (TPSA) is 72.2 Å². The molecular formula is C12H17BrN2O2S. The summed E-state index contributed by atoms with van der Waals surface area (Å²) in [6.45, 7) is 1.89. The predicted molar refractivity (Wildman–Crippen MR) is 79.0 cm³/mol. The standard InChI is InChI=1S/C12H17BrN2O2S/c1-8(5-6-18(2)17)15-12(16)10-4-3-9(13)7-11(10)14/h3-4,7-8H,5-6,14H2,1-2H3,(H,15,16). The smallest absolute Gasteiger partial charge is 0.253 e. The van der Waals surface area contributed by atoms with Crippen molar-refractivity contribution in [2.24, 2.45) is 0 Å². The van der Waals surface area contributed by atoms with Crippen LogP contribution in [0.2, 0.25) is 0 Å². The van der Waals surface area contributed by atoms with Gasteiger partial charge in [-0.25, -0.2) is 0 Å². The second-order valence-electron chi connectivity index (χ2n) is 4.17. The molecule has 1 rings (SSSR count). The summed E-state index contributed by atoms with van der Waals surface area (Å²) in [4.78, 5) is 11.9. The van der Waals surface area contributed by atoms with E-state index in [-0.39, 0.29) is 11.9 Å². The van der Waals surface area contributed by atoms with Crippen molar-refractivity contribution in [3.8, 4) is 0 Å². The van der Waals surface area contributed by atoms with Crippen molar-refractivity contribution >= 4 is 38.3 Å². The minimum atomic E-state index is -0.835. The van der Waals surface area contributed by atoms with E-state index in [2.05, 4.69) is 21.2 Å². The van der Waals surface area contributed by atoms with E-state index >= 15 is 0 Å². The van der Waals surface area contributed by atoms with Gasteiger partial charge in [0.25, 0.3) is 5.91 Å². The predicted octanol–water partition coefficient (Wildman–Crippen LogP) is 1.92. The van der Waals surface area contributed by atoms with E-state index in [1.807, 2.05) is 6.92 Å². The van der Waals surface area contributed by atoms with Crippen LogP contribution in [-0.2, 0) is 10.8 Å². The first kappa shape index (κ1) is 15.2. The number of benzene rings is 1. The van der Waals surface area contributed by atoms with Crippen molar-refractivity contribution in [3.05, 3.63) is 28.2 Å². The van der Waals surface area contributed by atoms with Gasteiger partial charge in [0.15, 0.2) is 0 Å². The highest BCUT2D eigenvalue weighted by Crippen LogP contribution is 2.18. The zero-order valence-electron chi connectivity index (χ0n) is 10.4. The van der Waals surface area contributed by atoms with Crippen LogP contribution in [0.15, 0.2) is 22.7 Å². The minimum Gasteiger partial charge on any atom is -0.398 e. The largest absolute Gasteiger partial charge is 0.398 e. The van der Waals surface area contributed by atoms with Crippen LogP contribution in [0.5, 0.6) is 0 Å². The summed E-state index contributed by atoms with van der Waals surface area (Å²) < 4.78 is 11.8. The van der Waals surface area contributed by atoms with Gasteiger partial charge in [0.1, 0.15) is 0 Å². The highest BCUT2D eigenvalue weighted by Gasteiger charge is 2.12. The normalized spacial score (nSPS) is 13.9. The number of hydrogen-bond donors (Lipinski definition) is 2.